The van der Waals surface area contributed by atoms with Crippen molar-refractivity contribution < 1.29 is 14.6 Å². The van der Waals surface area contributed by atoms with Gasteiger partial charge in [-0.15, -0.1) is 0 Å². The van der Waals surface area contributed by atoms with Gasteiger partial charge in [0.05, 0.1) is 32.1 Å². The summed E-state index contributed by atoms with van der Waals surface area (Å²) < 4.78 is 7.10. The molecule has 1 fully saturated rings. The van der Waals surface area contributed by atoms with E-state index in [-0.39, 0.29) is 18.7 Å². The van der Waals surface area contributed by atoms with E-state index < -0.39 is 0 Å². The number of nitrogens with one attached hydrogen (secondary N) is 1. The van der Waals surface area contributed by atoms with Gasteiger partial charge in [-0.3, -0.25) is 9.58 Å². The van der Waals surface area contributed by atoms with E-state index >= 15 is 0 Å². The molecule has 1 aromatic heterocycles. The van der Waals surface area contributed by atoms with Crippen molar-refractivity contribution in [2.24, 2.45) is 7.05 Å². The predicted molar refractivity (Wildman–Crippen MR) is 90.8 cm³/mol. The van der Waals surface area contributed by atoms with Gasteiger partial charge >= 0.3 is 6.03 Å². The smallest absolute Gasteiger partial charge is 0.317 e. The van der Waals surface area contributed by atoms with Crippen LogP contribution in [0.2, 0.25) is 0 Å². The molecular formula is C16H29N5O3. The number of hydrogen-bond donors (Lipinski definition) is 2. The summed E-state index contributed by atoms with van der Waals surface area (Å²) in [6.45, 7) is 8.99. The highest BCUT2D eigenvalue weighted by Crippen LogP contribution is 2.16. The first kappa shape index (κ1) is 18.7. The lowest BCUT2D eigenvalue weighted by Crippen LogP contribution is -2.52. The number of piperazine rings is 1. The molecule has 8 heteroatoms. The second-order valence-electron chi connectivity index (χ2n) is 6.14. The van der Waals surface area contributed by atoms with Crippen molar-refractivity contribution in [3.05, 3.63) is 17.5 Å². The Balaban J connectivity index is 1.73. The van der Waals surface area contributed by atoms with E-state index in [1.54, 1.807) is 0 Å². The lowest BCUT2D eigenvalue weighted by Gasteiger charge is -2.35. The maximum atomic E-state index is 12.4. The number of rotatable bonds is 7. The number of urea groups is 1. The normalized spacial score (nSPS) is 17.1. The van der Waals surface area contributed by atoms with Crippen molar-refractivity contribution in [1.29, 1.82) is 0 Å². The lowest BCUT2D eigenvalue weighted by molar-refractivity contribution is 0.0617. The van der Waals surface area contributed by atoms with Crippen LogP contribution in [0.1, 0.15) is 24.2 Å². The molecule has 0 bridgehead atoms. The van der Waals surface area contributed by atoms with Crippen LogP contribution in [0.15, 0.2) is 6.20 Å². The quantitative estimate of drug-likeness (QED) is 0.690. The summed E-state index contributed by atoms with van der Waals surface area (Å²) in [6, 6.07) is -0.0851. The highest BCUT2D eigenvalue weighted by atomic mass is 16.5. The van der Waals surface area contributed by atoms with Crippen molar-refractivity contribution in [3.63, 3.8) is 0 Å². The molecule has 24 heavy (non-hydrogen) atoms. The molecule has 0 radical (unpaired) electrons. The topological polar surface area (TPSA) is 82.9 Å². The monoisotopic (exact) mass is 339 g/mol. The van der Waals surface area contributed by atoms with Crippen LogP contribution in [-0.2, 0) is 11.8 Å². The highest BCUT2D eigenvalue weighted by Gasteiger charge is 2.23. The SMILES string of the molecule is Cc1c([C@H](C)NC(=O)N2CCN(CCOCCO)CC2)cnn1C. The van der Waals surface area contributed by atoms with Gasteiger partial charge in [-0.05, 0) is 13.8 Å². The zero-order valence-electron chi connectivity index (χ0n) is 14.9. The van der Waals surface area contributed by atoms with Crippen molar-refractivity contribution in [2.75, 3.05) is 52.5 Å². The molecule has 0 aliphatic carbocycles. The molecule has 2 heterocycles. The molecule has 1 aliphatic heterocycles. The minimum atomic E-state index is -0.0592. The van der Waals surface area contributed by atoms with E-state index in [0.717, 1.165) is 30.9 Å². The van der Waals surface area contributed by atoms with Crippen LogP contribution in [0.25, 0.3) is 0 Å². The van der Waals surface area contributed by atoms with Gasteiger partial charge in [0.15, 0.2) is 0 Å². The van der Waals surface area contributed by atoms with Crippen LogP contribution in [0.4, 0.5) is 4.79 Å². The lowest BCUT2D eigenvalue weighted by atomic mass is 10.1. The zero-order chi connectivity index (χ0) is 17.5. The molecule has 0 aromatic carbocycles. The second kappa shape index (κ2) is 9.00. The average Bonchev–Trinajstić information content (AvgIpc) is 2.91. The molecule has 136 valence electrons. The number of hydrogen-bond acceptors (Lipinski definition) is 5. The average molecular weight is 339 g/mol. The highest BCUT2D eigenvalue weighted by molar-refractivity contribution is 5.74. The molecule has 0 unspecified atom stereocenters. The third kappa shape index (κ3) is 4.93. The number of amides is 2. The Hall–Kier alpha value is -1.64. The summed E-state index contributed by atoms with van der Waals surface area (Å²) in [5.74, 6) is 0. The van der Waals surface area contributed by atoms with Crippen LogP contribution in [0.5, 0.6) is 0 Å². The molecule has 2 N–H and O–H groups in total. The number of carbonyl (C=O) groups is 1. The Labute approximate surface area is 143 Å². The summed E-state index contributed by atoms with van der Waals surface area (Å²) >= 11 is 0. The Bertz CT molecular complexity index is 526. The molecule has 8 nitrogen and oxygen atoms in total. The number of aliphatic hydroxyl groups is 1. The molecular weight excluding hydrogens is 310 g/mol. The first-order valence-corrected chi connectivity index (χ1v) is 8.47. The van der Waals surface area contributed by atoms with Gasteiger partial charge in [-0.1, -0.05) is 0 Å². The van der Waals surface area contributed by atoms with Crippen LogP contribution in [0, 0.1) is 6.92 Å². The minimum Gasteiger partial charge on any atom is -0.394 e. The fourth-order valence-electron chi connectivity index (χ4n) is 2.83. The van der Waals surface area contributed by atoms with Gasteiger partial charge in [0.1, 0.15) is 0 Å². The van der Waals surface area contributed by atoms with E-state index in [2.05, 4.69) is 15.3 Å². The molecule has 1 aliphatic rings. The van der Waals surface area contributed by atoms with Crippen LogP contribution in [0.3, 0.4) is 0 Å². The molecule has 2 amide bonds. The largest absolute Gasteiger partial charge is 0.394 e. The summed E-state index contributed by atoms with van der Waals surface area (Å²) in [4.78, 5) is 16.6. The van der Waals surface area contributed by atoms with Crippen LogP contribution in [-0.4, -0.2) is 83.3 Å². The predicted octanol–water partition coefficient (Wildman–Crippen LogP) is 0.126. The first-order chi connectivity index (χ1) is 11.5. The van der Waals surface area contributed by atoms with Gasteiger partial charge < -0.3 is 20.1 Å². The van der Waals surface area contributed by atoms with Gasteiger partial charge in [0.25, 0.3) is 0 Å². The maximum Gasteiger partial charge on any atom is 0.317 e. The summed E-state index contributed by atoms with van der Waals surface area (Å²) in [6.07, 6.45) is 1.81. The van der Waals surface area contributed by atoms with Gasteiger partial charge in [-0.25, -0.2) is 4.79 Å². The van der Waals surface area contributed by atoms with E-state index in [4.69, 9.17) is 9.84 Å². The molecule has 0 saturated carbocycles. The summed E-state index contributed by atoms with van der Waals surface area (Å²) in [7, 11) is 1.90. The van der Waals surface area contributed by atoms with Crippen molar-refractivity contribution in [2.45, 2.75) is 19.9 Å². The minimum absolute atomic E-state index is 0.0260. The number of nitrogens with zero attached hydrogens (tertiary/aromatic N) is 4. The van der Waals surface area contributed by atoms with E-state index in [0.29, 0.717) is 26.3 Å². The summed E-state index contributed by atoms with van der Waals surface area (Å²) in [5.41, 5.74) is 2.11. The van der Waals surface area contributed by atoms with E-state index in [1.165, 1.54) is 0 Å². The van der Waals surface area contributed by atoms with Crippen LogP contribution >= 0.6 is 0 Å². The number of aromatic nitrogens is 2. The van der Waals surface area contributed by atoms with Crippen molar-refractivity contribution >= 4 is 6.03 Å². The zero-order valence-corrected chi connectivity index (χ0v) is 14.9. The Kier molecular flexibility index (Phi) is 7.01. The van der Waals surface area contributed by atoms with Crippen LogP contribution < -0.4 is 5.32 Å². The molecule has 2 rings (SSSR count). The molecule has 1 atom stereocenters. The fourth-order valence-corrected chi connectivity index (χ4v) is 2.83. The molecule has 1 aromatic rings. The number of aryl methyl sites for hydroxylation is 1. The molecule has 1 saturated heterocycles. The number of ether oxygens (including phenoxy) is 1. The second-order valence-corrected chi connectivity index (χ2v) is 6.14. The Morgan fingerprint density at radius 1 is 1.38 bits per heavy atom. The molecule has 0 spiro atoms. The third-order valence-corrected chi connectivity index (χ3v) is 4.53. The van der Waals surface area contributed by atoms with Gasteiger partial charge in [0.2, 0.25) is 0 Å². The first-order valence-electron chi connectivity index (χ1n) is 8.47. The summed E-state index contributed by atoms with van der Waals surface area (Å²) in [5, 5.41) is 16.0. The van der Waals surface area contributed by atoms with Gasteiger partial charge in [-0.2, -0.15) is 5.10 Å². The van der Waals surface area contributed by atoms with E-state index in [9.17, 15) is 4.79 Å². The van der Waals surface area contributed by atoms with Crippen molar-refractivity contribution in [3.8, 4) is 0 Å². The number of carbonyl (C=O) groups excluding carboxylic acids is 1. The Morgan fingerprint density at radius 2 is 2.08 bits per heavy atom. The van der Waals surface area contributed by atoms with Gasteiger partial charge in [0, 0.05) is 51.0 Å². The van der Waals surface area contributed by atoms with E-state index in [1.807, 2.05) is 36.7 Å². The fraction of sp³-hybridized carbons (Fsp3) is 0.750. The number of aliphatic hydroxyl groups excluding tert-OH is 1. The standard InChI is InChI=1S/C16H29N5O3/c1-13(15-12-17-19(3)14(15)2)18-16(23)21-6-4-20(5-7-21)8-10-24-11-9-22/h12-13,22H,4-11H2,1-3H3,(H,18,23)/t13-/m0/s1. The third-order valence-electron chi connectivity index (χ3n) is 4.53. The van der Waals surface area contributed by atoms with Crippen molar-refractivity contribution in [1.82, 2.24) is 24.9 Å². The maximum absolute atomic E-state index is 12.4. The Morgan fingerprint density at radius 3 is 2.67 bits per heavy atom.